The zero-order chi connectivity index (χ0) is 13.1. The van der Waals surface area contributed by atoms with E-state index >= 15 is 0 Å². The molecule has 1 aromatic heterocycles. The first-order valence-corrected chi connectivity index (χ1v) is 6.68. The number of carbonyl (C=O) groups excluding carboxylic acids is 1. The number of rotatable bonds is 3. The van der Waals surface area contributed by atoms with Gasteiger partial charge in [0.05, 0.1) is 9.90 Å². The van der Waals surface area contributed by atoms with E-state index in [2.05, 4.69) is 5.32 Å². The summed E-state index contributed by atoms with van der Waals surface area (Å²) < 4.78 is 0. The first-order chi connectivity index (χ1) is 8.60. The van der Waals surface area contributed by atoms with Gasteiger partial charge >= 0.3 is 0 Å². The highest BCUT2D eigenvalue weighted by atomic mass is 35.5. The maximum absolute atomic E-state index is 11.9. The summed E-state index contributed by atoms with van der Waals surface area (Å²) in [7, 11) is 0. The van der Waals surface area contributed by atoms with Crippen LogP contribution in [0, 0.1) is 0 Å². The van der Waals surface area contributed by atoms with Gasteiger partial charge in [0.15, 0.2) is 0 Å². The zero-order valence-electron chi connectivity index (χ0n) is 9.74. The molecule has 0 unspecified atom stereocenters. The van der Waals surface area contributed by atoms with Gasteiger partial charge in [-0.05, 0) is 36.8 Å². The molecule has 1 amide bonds. The number of benzene rings is 1. The van der Waals surface area contributed by atoms with E-state index in [1.165, 1.54) is 28.3 Å². The minimum atomic E-state index is -0.165. The van der Waals surface area contributed by atoms with Crippen LogP contribution in [0.5, 0.6) is 5.75 Å². The molecule has 0 atom stereocenters. The maximum atomic E-state index is 11.9. The number of phenolic OH excluding ortho intramolecular Hbond substituents is 1. The van der Waals surface area contributed by atoms with Crippen LogP contribution in [0.15, 0.2) is 30.3 Å². The highest BCUT2D eigenvalue weighted by molar-refractivity contribution is 7.14. The van der Waals surface area contributed by atoms with Gasteiger partial charge in [0.1, 0.15) is 5.75 Å². The molecule has 2 rings (SSSR count). The van der Waals surface area contributed by atoms with Crippen molar-refractivity contribution in [1.29, 1.82) is 0 Å². The standard InChI is InChI=1S/C13H12ClNO2S/c1-2-9-4-6-12(18-9)13(17)15-8-3-5-11(16)10(14)7-8/h3-7,16H,2H2,1H3,(H,15,17). The van der Waals surface area contributed by atoms with Crippen LogP contribution < -0.4 is 5.32 Å². The Hall–Kier alpha value is -1.52. The van der Waals surface area contributed by atoms with E-state index in [9.17, 15) is 9.90 Å². The van der Waals surface area contributed by atoms with Gasteiger partial charge in [-0.15, -0.1) is 11.3 Å². The normalized spacial score (nSPS) is 10.3. The van der Waals surface area contributed by atoms with Crippen molar-refractivity contribution in [3.63, 3.8) is 0 Å². The van der Waals surface area contributed by atoms with E-state index in [0.717, 1.165) is 6.42 Å². The second kappa shape index (κ2) is 5.42. The lowest BCUT2D eigenvalue weighted by atomic mass is 10.3. The van der Waals surface area contributed by atoms with Gasteiger partial charge in [0.2, 0.25) is 0 Å². The largest absolute Gasteiger partial charge is 0.506 e. The van der Waals surface area contributed by atoms with Crippen molar-refractivity contribution in [2.75, 3.05) is 5.32 Å². The monoisotopic (exact) mass is 281 g/mol. The molecule has 2 aromatic rings. The molecule has 1 heterocycles. The van der Waals surface area contributed by atoms with Crippen molar-refractivity contribution in [3.05, 3.63) is 45.1 Å². The Morgan fingerprint density at radius 1 is 1.39 bits per heavy atom. The molecular weight excluding hydrogens is 270 g/mol. The number of halogens is 1. The van der Waals surface area contributed by atoms with Gasteiger partial charge in [-0.3, -0.25) is 4.79 Å². The van der Waals surface area contributed by atoms with Gasteiger partial charge < -0.3 is 10.4 Å². The van der Waals surface area contributed by atoms with E-state index in [0.29, 0.717) is 10.6 Å². The minimum absolute atomic E-state index is 0.000872. The summed E-state index contributed by atoms with van der Waals surface area (Å²) in [5.41, 5.74) is 0.564. The predicted molar refractivity (Wildman–Crippen MR) is 74.8 cm³/mol. The fourth-order valence-electron chi connectivity index (χ4n) is 1.47. The SMILES string of the molecule is CCc1ccc(C(=O)Nc2ccc(O)c(Cl)c2)s1. The number of amides is 1. The number of nitrogens with one attached hydrogen (secondary N) is 1. The van der Waals surface area contributed by atoms with Gasteiger partial charge in [-0.2, -0.15) is 0 Å². The van der Waals surface area contributed by atoms with Crippen molar-refractivity contribution in [2.24, 2.45) is 0 Å². The molecule has 0 bridgehead atoms. The molecule has 0 aliphatic rings. The number of carbonyl (C=O) groups is 1. The van der Waals surface area contributed by atoms with Crippen molar-refractivity contribution < 1.29 is 9.90 Å². The van der Waals surface area contributed by atoms with Gasteiger partial charge in [0.25, 0.3) is 5.91 Å². The summed E-state index contributed by atoms with van der Waals surface area (Å²) in [4.78, 5) is 13.8. The summed E-state index contributed by atoms with van der Waals surface area (Å²) >= 11 is 7.24. The van der Waals surface area contributed by atoms with Crippen LogP contribution in [0.2, 0.25) is 5.02 Å². The molecular formula is C13H12ClNO2S. The number of hydrogen-bond donors (Lipinski definition) is 2. The highest BCUT2D eigenvalue weighted by Crippen LogP contribution is 2.26. The summed E-state index contributed by atoms with van der Waals surface area (Å²) in [5.74, 6) is -0.166. The topological polar surface area (TPSA) is 49.3 Å². The Bertz CT molecular complexity index is 580. The Morgan fingerprint density at radius 2 is 2.17 bits per heavy atom. The third kappa shape index (κ3) is 2.83. The summed E-state index contributed by atoms with van der Waals surface area (Å²) in [6.45, 7) is 2.05. The van der Waals surface area contributed by atoms with Crippen LogP contribution in [0.25, 0.3) is 0 Å². The van der Waals surface area contributed by atoms with E-state index in [1.807, 2.05) is 13.0 Å². The maximum Gasteiger partial charge on any atom is 0.265 e. The Kier molecular flexibility index (Phi) is 3.89. The fraction of sp³-hybridized carbons (Fsp3) is 0.154. The van der Waals surface area contributed by atoms with Crippen molar-refractivity contribution in [3.8, 4) is 5.75 Å². The molecule has 0 spiro atoms. The molecule has 0 saturated carbocycles. The second-order valence-corrected chi connectivity index (χ2v) is 5.32. The molecule has 1 aromatic carbocycles. The number of aryl methyl sites for hydroxylation is 1. The Labute approximate surface area is 114 Å². The van der Waals surface area contributed by atoms with Crippen LogP contribution in [0.3, 0.4) is 0 Å². The number of phenols is 1. The third-order valence-corrected chi connectivity index (χ3v) is 3.97. The Morgan fingerprint density at radius 3 is 2.78 bits per heavy atom. The third-order valence-electron chi connectivity index (χ3n) is 2.44. The van der Waals surface area contributed by atoms with Crippen LogP contribution >= 0.6 is 22.9 Å². The number of anilines is 1. The number of hydrogen-bond acceptors (Lipinski definition) is 3. The summed E-state index contributed by atoms with van der Waals surface area (Å²) in [6.07, 6.45) is 0.920. The summed E-state index contributed by atoms with van der Waals surface area (Å²) in [5, 5.41) is 12.2. The molecule has 3 nitrogen and oxygen atoms in total. The lowest BCUT2D eigenvalue weighted by Crippen LogP contribution is -2.09. The summed E-state index contributed by atoms with van der Waals surface area (Å²) in [6, 6.07) is 8.32. The van der Waals surface area contributed by atoms with Crippen LogP contribution in [0.1, 0.15) is 21.5 Å². The average molecular weight is 282 g/mol. The molecule has 5 heteroatoms. The Balaban J connectivity index is 2.13. The molecule has 0 saturated heterocycles. The second-order valence-electron chi connectivity index (χ2n) is 3.74. The van der Waals surface area contributed by atoms with Gasteiger partial charge in [0, 0.05) is 10.6 Å². The minimum Gasteiger partial charge on any atom is -0.506 e. The lowest BCUT2D eigenvalue weighted by Gasteiger charge is -2.04. The van der Waals surface area contributed by atoms with Crippen molar-refractivity contribution in [2.45, 2.75) is 13.3 Å². The van der Waals surface area contributed by atoms with E-state index in [1.54, 1.807) is 12.1 Å². The number of aromatic hydroxyl groups is 1. The molecule has 94 valence electrons. The van der Waals surface area contributed by atoms with Gasteiger partial charge in [-0.1, -0.05) is 18.5 Å². The molecule has 2 N–H and O–H groups in total. The average Bonchev–Trinajstić information content (AvgIpc) is 2.82. The van der Waals surface area contributed by atoms with E-state index < -0.39 is 0 Å². The van der Waals surface area contributed by atoms with E-state index in [4.69, 9.17) is 11.6 Å². The molecule has 0 radical (unpaired) electrons. The predicted octanol–water partition coefficient (Wildman–Crippen LogP) is 3.92. The first-order valence-electron chi connectivity index (χ1n) is 5.48. The first kappa shape index (κ1) is 12.9. The molecule has 0 aliphatic carbocycles. The van der Waals surface area contributed by atoms with Crippen molar-refractivity contribution in [1.82, 2.24) is 0 Å². The molecule has 18 heavy (non-hydrogen) atoms. The zero-order valence-corrected chi connectivity index (χ0v) is 11.3. The highest BCUT2D eigenvalue weighted by Gasteiger charge is 2.09. The lowest BCUT2D eigenvalue weighted by molar-refractivity contribution is 0.103. The van der Waals surface area contributed by atoms with Crippen molar-refractivity contribution >= 4 is 34.5 Å². The van der Waals surface area contributed by atoms with Gasteiger partial charge in [-0.25, -0.2) is 0 Å². The van der Waals surface area contributed by atoms with Crippen LogP contribution in [0.4, 0.5) is 5.69 Å². The van der Waals surface area contributed by atoms with E-state index in [-0.39, 0.29) is 16.7 Å². The number of thiophene rings is 1. The fourth-order valence-corrected chi connectivity index (χ4v) is 2.49. The quantitative estimate of drug-likeness (QED) is 0.838. The van der Waals surface area contributed by atoms with Crippen LogP contribution in [-0.2, 0) is 6.42 Å². The molecule has 0 aliphatic heterocycles. The van der Waals surface area contributed by atoms with Crippen LogP contribution in [-0.4, -0.2) is 11.0 Å². The smallest absolute Gasteiger partial charge is 0.265 e. The molecule has 0 fully saturated rings.